The van der Waals surface area contributed by atoms with Gasteiger partial charge in [-0.3, -0.25) is 0 Å². The fourth-order valence-corrected chi connectivity index (χ4v) is 4.60. The van der Waals surface area contributed by atoms with Gasteiger partial charge < -0.3 is 20.1 Å². The van der Waals surface area contributed by atoms with Gasteiger partial charge in [0.1, 0.15) is 12.2 Å². The molecule has 0 atom stereocenters. The lowest BCUT2D eigenvalue weighted by Crippen LogP contribution is -2.40. The molecule has 25 heavy (non-hydrogen) atoms. The van der Waals surface area contributed by atoms with E-state index in [1.54, 1.807) is 14.1 Å². The highest BCUT2D eigenvalue weighted by Gasteiger charge is 2.41. The van der Waals surface area contributed by atoms with Gasteiger partial charge in [0.05, 0.1) is 0 Å². The molecule has 0 heterocycles. The largest absolute Gasteiger partial charge is 0.446 e. The molecule has 2 rings (SSSR count). The quantitative estimate of drug-likeness (QED) is 0.804. The van der Waals surface area contributed by atoms with Gasteiger partial charge in [-0.05, 0) is 68.6 Å². The Morgan fingerprint density at radius 1 is 0.720 bits per heavy atom. The van der Waals surface area contributed by atoms with E-state index in [1.807, 2.05) is 0 Å². The molecule has 2 aliphatic rings. The number of nitrogens with one attached hydrogen (secondary N) is 2. The Morgan fingerprint density at radius 3 is 1.32 bits per heavy atom. The van der Waals surface area contributed by atoms with E-state index in [9.17, 15) is 9.59 Å². The first-order valence-electron chi connectivity index (χ1n) is 9.63. The molecule has 0 spiro atoms. The van der Waals surface area contributed by atoms with Crippen LogP contribution in [0.2, 0.25) is 0 Å². The van der Waals surface area contributed by atoms with Crippen LogP contribution in [-0.4, -0.2) is 38.5 Å². The Kier molecular flexibility index (Phi) is 6.96. The van der Waals surface area contributed by atoms with E-state index in [0.717, 1.165) is 51.4 Å². The van der Waals surface area contributed by atoms with Crippen LogP contribution in [0, 0.1) is 17.3 Å². The number of hydrogen-bond donors (Lipinski definition) is 2. The van der Waals surface area contributed by atoms with Crippen LogP contribution >= 0.6 is 0 Å². The Bertz CT molecular complexity index is 410. The van der Waals surface area contributed by atoms with Crippen LogP contribution in [0.3, 0.4) is 0 Å². The van der Waals surface area contributed by atoms with Crippen molar-refractivity contribution in [2.45, 2.75) is 77.4 Å². The van der Waals surface area contributed by atoms with Crippen molar-refractivity contribution in [2.24, 2.45) is 17.3 Å². The highest BCUT2D eigenvalue weighted by atomic mass is 16.6. The van der Waals surface area contributed by atoms with E-state index >= 15 is 0 Å². The minimum absolute atomic E-state index is 0.0590. The molecule has 2 fully saturated rings. The SMILES string of the molecule is CNC(=O)OC1CCC(C(C)(C)C2CCC(OC(=O)NC)CC2)CC1. The third-order valence-corrected chi connectivity index (χ3v) is 6.41. The standard InChI is InChI=1S/C19H34N2O4/c1-19(2,13-5-9-15(10-6-13)24-17(22)20-3)14-7-11-16(12-8-14)25-18(23)21-4/h13-16H,5-12H2,1-4H3,(H,20,22)(H,21,23). The van der Waals surface area contributed by atoms with Gasteiger partial charge in [0.15, 0.2) is 0 Å². The Labute approximate surface area is 151 Å². The van der Waals surface area contributed by atoms with E-state index < -0.39 is 0 Å². The molecular formula is C19H34N2O4. The normalized spacial score (nSPS) is 30.2. The summed E-state index contributed by atoms with van der Waals surface area (Å²) in [6.45, 7) is 4.78. The van der Waals surface area contributed by atoms with Crippen molar-refractivity contribution in [3.05, 3.63) is 0 Å². The van der Waals surface area contributed by atoms with Gasteiger partial charge in [0.2, 0.25) is 0 Å². The molecule has 6 nitrogen and oxygen atoms in total. The Morgan fingerprint density at radius 2 is 1.04 bits per heavy atom. The van der Waals surface area contributed by atoms with E-state index in [-0.39, 0.29) is 29.8 Å². The first-order valence-corrected chi connectivity index (χ1v) is 9.63. The maximum absolute atomic E-state index is 11.4. The molecule has 0 aromatic carbocycles. The molecule has 0 aliphatic heterocycles. The zero-order chi connectivity index (χ0) is 18.4. The number of amides is 2. The van der Waals surface area contributed by atoms with E-state index in [0.29, 0.717) is 11.8 Å². The summed E-state index contributed by atoms with van der Waals surface area (Å²) in [6, 6.07) is 0. The van der Waals surface area contributed by atoms with Crippen LogP contribution < -0.4 is 10.6 Å². The number of alkyl carbamates (subject to hydrolysis) is 2. The molecule has 0 saturated heterocycles. The lowest BCUT2D eigenvalue weighted by atomic mass is 9.60. The lowest BCUT2D eigenvalue weighted by molar-refractivity contribution is -0.00604. The van der Waals surface area contributed by atoms with Crippen LogP contribution in [0.25, 0.3) is 0 Å². The first-order chi connectivity index (χ1) is 11.9. The molecule has 2 amide bonds. The topological polar surface area (TPSA) is 76.7 Å². The lowest BCUT2D eigenvalue weighted by Gasteiger charge is -2.46. The average Bonchev–Trinajstić information content (AvgIpc) is 2.62. The van der Waals surface area contributed by atoms with Crippen LogP contribution in [0.4, 0.5) is 9.59 Å². The van der Waals surface area contributed by atoms with Crippen molar-refractivity contribution >= 4 is 12.2 Å². The van der Waals surface area contributed by atoms with Crippen molar-refractivity contribution in [3.8, 4) is 0 Å². The molecule has 144 valence electrons. The second-order valence-corrected chi connectivity index (χ2v) is 8.08. The zero-order valence-electron chi connectivity index (χ0n) is 16.1. The minimum atomic E-state index is -0.322. The summed E-state index contributed by atoms with van der Waals surface area (Å²) < 4.78 is 10.8. The predicted molar refractivity (Wildman–Crippen MR) is 96.4 cm³/mol. The molecule has 0 aromatic heterocycles. The Balaban J connectivity index is 1.80. The summed E-state index contributed by atoms with van der Waals surface area (Å²) in [7, 11) is 3.20. The molecular weight excluding hydrogens is 320 g/mol. The van der Waals surface area contributed by atoms with Crippen molar-refractivity contribution < 1.29 is 19.1 Å². The molecule has 0 bridgehead atoms. The monoisotopic (exact) mass is 354 g/mol. The first kappa shape index (κ1) is 19.9. The second-order valence-electron chi connectivity index (χ2n) is 8.08. The molecule has 0 aromatic rings. The molecule has 2 saturated carbocycles. The van der Waals surface area contributed by atoms with Gasteiger partial charge in [-0.1, -0.05) is 13.8 Å². The van der Waals surface area contributed by atoms with Crippen molar-refractivity contribution in [1.82, 2.24) is 10.6 Å². The van der Waals surface area contributed by atoms with Crippen LogP contribution in [0.15, 0.2) is 0 Å². The summed E-state index contributed by atoms with van der Waals surface area (Å²) in [5.41, 5.74) is 0.274. The predicted octanol–water partition coefficient (Wildman–Crippen LogP) is 3.84. The van der Waals surface area contributed by atoms with Crippen molar-refractivity contribution in [2.75, 3.05) is 14.1 Å². The summed E-state index contributed by atoms with van der Waals surface area (Å²) in [4.78, 5) is 22.7. The highest BCUT2D eigenvalue weighted by molar-refractivity contribution is 5.67. The molecule has 2 aliphatic carbocycles. The maximum atomic E-state index is 11.4. The average molecular weight is 354 g/mol. The van der Waals surface area contributed by atoms with E-state index in [2.05, 4.69) is 24.5 Å². The van der Waals surface area contributed by atoms with E-state index in [1.165, 1.54) is 0 Å². The van der Waals surface area contributed by atoms with Gasteiger partial charge in [0, 0.05) is 14.1 Å². The smallest absolute Gasteiger partial charge is 0.407 e. The van der Waals surface area contributed by atoms with Gasteiger partial charge in [-0.2, -0.15) is 0 Å². The van der Waals surface area contributed by atoms with Crippen molar-refractivity contribution in [3.63, 3.8) is 0 Å². The van der Waals surface area contributed by atoms with Gasteiger partial charge >= 0.3 is 12.2 Å². The summed E-state index contributed by atoms with van der Waals surface area (Å²) in [5.74, 6) is 1.33. The van der Waals surface area contributed by atoms with Crippen LogP contribution in [0.5, 0.6) is 0 Å². The molecule has 0 radical (unpaired) electrons. The fraction of sp³-hybridized carbons (Fsp3) is 0.895. The number of hydrogen-bond acceptors (Lipinski definition) is 4. The minimum Gasteiger partial charge on any atom is -0.446 e. The summed E-state index contributed by atoms with van der Waals surface area (Å²) in [6.07, 6.45) is 7.75. The highest BCUT2D eigenvalue weighted by Crippen LogP contribution is 2.48. The summed E-state index contributed by atoms with van der Waals surface area (Å²) >= 11 is 0. The number of rotatable bonds is 4. The zero-order valence-corrected chi connectivity index (χ0v) is 16.1. The van der Waals surface area contributed by atoms with Crippen LogP contribution in [-0.2, 0) is 9.47 Å². The van der Waals surface area contributed by atoms with Crippen LogP contribution in [0.1, 0.15) is 65.2 Å². The number of ether oxygens (including phenoxy) is 2. The van der Waals surface area contributed by atoms with Gasteiger partial charge in [-0.15, -0.1) is 0 Å². The number of carbonyl (C=O) groups is 2. The molecule has 6 heteroatoms. The number of carbonyl (C=O) groups excluding carboxylic acids is 2. The van der Waals surface area contributed by atoms with Gasteiger partial charge in [0.25, 0.3) is 0 Å². The third kappa shape index (κ3) is 5.25. The summed E-state index contributed by atoms with van der Waals surface area (Å²) in [5, 5.41) is 5.05. The Hall–Kier alpha value is -1.46. The second kappa shape index (κ2) is 8.77. The maximum Gasteiger partial charge on any atom is 0.407 e. The van der Waals surface area contributed by atoms with Crippen molar-refractivity contribution in [1.29, 1.82) is 0 Å². The van der Waals surface area contributed by atoms with Gasteiger partial charge in [-0.25, -0.2) is 9.59 Å². The van der Waals surface area contributed by atoms with E-state index in [4.69, 9.17) is 9.47 Å². The molecule has 0 unspecified atom stereocenters. The molecule has 2 N–H and O–H groups in total. The fourth-order valence-electron chi connectivity index (χ4n) is 4.60. The third-order valence-electron chi connectivity index (χ3n) is 6.41.